The third-order valence-corrected chi connectivity index (χ3v) is 5.94. The van der Waals surface area contributed by atoms with Gasteiger partial charge in [0, 0.05) is 19.1 Å². The van der Waals surface area contributed by atoms with Crippen LogP contribution < -0.4 is 5.32 Å². The number of unbranched alkanes of at least 4 members (excludes halogenated alkanes) is 1. The lowest BCUT2D eigenvalue weighted by Crippen LogP contribution is -2.53. The number of nitrogens with one attached hydrogen (secondary N) is 1. The van der Waals surface area contributed by atoms with Crippen molar-refractivity contribution < 1.29 is 13.2 Å². The van der Waals surface area contributed by atoms with Crippen LogP contribution in [-0.2, 0) is 14.6 Å². The molecule has 0 aliphatic carbocycles. The van der Waals surface area contributed by atoms with Gasteiger partial charge in [-0.15, -0.1) is 0 Å². The molecule has 2 fully saturated rings. The summed E-state index contributed by atoms with van der Waals surface area (Å²) in [5.74, 6) is 0.318. The molecule has 0 radical (unpaired) electrons. The predicted octanol–water partition coefficient (Wildman–Crippen LogP) is 0.222. The Labute approximate surface area is 110 Å². The zero-order valence-corrected chi connectivity index (χ0v) is 11.9. The molecule has 2 aliphatic rings. The van der Waals surface area contributed by atoms with E-state index in [2.05, 4.69) is 17.1 Å². The van der Waals surface area contributed by atoms with Gasteiger partial charge in [-0.05, 0) is 19.4 Å². The first-order chi connectivity index (χ1) is 8.65. The minimum Gasteiger partial charge on any atom is -0.379 e. The minimum absolute atomic E-state index is 0.0969. The summed E-state index contributed by atoms with van der Waals surface area (Å²) in [5.41, 5.74) is 0. The Hall–Kier alpha value is -0.170. The van der Waals surface area contributed by atoms with Gasteiger partial charge in [-0.2, -0.15) is 0 Å². The number of nitrogens with zero attached hydrogens (tertiary/aromatic N) is 1. The maximum Gasteiger partial charge on any atom is 0.167 e. The number of ether oxygens (including phenoxy) is 1. The molecular weight excluding hydrogens is 252 g/mol. The van der Waals surface area contributed by atoms with Gasteiger partial charge in [0.2, 0.25) is 0 Å². The van der Waals surface area contributed by atoms with Gasteiger partial charge < -0.3 is 10.1 Å². The first kappa shape index (κ1) is 14.2. The molecule has 0 amide bonds. The number of rotatable bonds is 5. The Kier molecular flexibility index (Phi) is 5.00. The largest absolute Gasteiger partial charge is 0.379 e. The summed E-state index contributed by atoms with van der Waals surface area (Å²) >= 11 is 0. The second kappa shape index (κ2) is 6.32. The Bertz CT molecular complexity index is 352. The first-order valence-electron chi connectivity index (χ1n) is 6.92. The van der Waals surface area contributed by atoms with E-state index in [1.807, 2.05) is 0 Å². The van der Waals surface area contributed by atoms with Crippen molar-refractivity contribution in [1.29, 1.82) is 0 Å². The van der Waals surface area contributed by atoms with E-state index < -0.39 is 9.84 Å². The molecular formula is C12H24N2O3S. The quantitative estimate of drug-likeness (QED) is 0.728. The van der Waals surface area contributed by atoms with E-state index in [0.29, 0.717) is 19.0 Å². The fraction of sp³-hybridized carbons (Fsp3) is 1.00. The Morgan fingerprint density at radius 1 is 1.33 bits per heavy atom. The third-order valence-electron chi connectivity index (χ3n) is 3.77. The van der Waals surface area contributed by atoms with E-state index in [0.717, 1.165) is 38.9 Å². The van der Waals surface area contributed by atoms with Crippen molar-refractivity contribution in [2.45, 2.75) is 37.6 Å². The van der Waals surface area contributed by atoms with Crippen molar-refractivity contribution in [3.63, 3.8) is 0 Å². The summed E-state index contributed by atoms with van der Waals surface area (Å²) < 4.78 is 29.7. The molecule has 1 N–H and O–H groups in total. The van der Waals surface area contributed by atoms with E-state index >= 15 is 0 Å². The van der Waals surface area contributed by atoms with Gasteiger partial charge in [-0.3, -0.25) is 4.90 Å². The second-order valence-corrected chi connectivity index (χ2v) is 7.33. The van der Waals surface area contributed by atoms with E-state index in [-0.39, 0.29) is 11.4 Å². The SMILES string of the molecule is CCCCNC1CCS(=O)(=O)C1N1CCOCC1. The standard InChI is InChI=1S/C12H24N2O3S/c1-2-3-5-13-11-4-10-18(15,16)12(11)14-6-8-17-9-7-14/h11-13H,2-10H2,1H3. The topological polar surface area (TPSA) is 58.6 Å². The molecule has 2 aliphatic heterocycles. The van der Waals surface area contributed by atoms with Crippen LogP contribution in [0.25, 0.3) is 0 Å². The van der Waals surface area contributed by atoms with Crippen LogP contribution in [0.15, 0.2) is 0 Å². The summed E-state index contributed by atoms with van der Waals surface area (Å²) in [4.78, 5) is 2.08. The van der Waals surface area contributed by atoms with E-state index in [9.17, 15) is 8.42 Å². The molecule has 0 spiro atoms. The fourth-order valence-corrected chi connectivity index (χ4v) is 5.01. The molecule has 0 aromatic rings. The summed E-state index contributed by atoms with van der Waals surface area (Å²) in [7, 11) is -2.97. The van der Waals surface area contributed by atoms with E-state index in [1.54, 1.807) is 0 Å². The highest BCUT2D eigenvalue weighted by molar-refractivity contribution is 7.92. The molecule has 0 bridgehead atoms. The van der Waals surface area contributed by atoms with Crippen molar-refractivity contribution in [3.05, 3.63) is 0 Å². The Morgan fingerprint density at radius 2 is 2.06 bits per heavy atom. The van der Waals surface area contributed by atoms with Crippen LogP contribution in [0.3, 0.4) is 0 Å². The smallest absolute Gasteiger partial charge is 0.167 e. The molecule has 2 atom stereocenters. The number of hydrogen-bond acceptors (Lipinski definition) is 5. The molecule has 5 nitrogen and oxygen atoms in total. The lowest BCUT2D eigenvalue weighted by molar-refractivity contribution is 0.0265. The van der Waals surface area contributed by atoms with Gasteiger partial charge in [0.05, 0.1) is 19.0 Å². The second-order valence-electron chi connectivity index (χ2n) is 5.11. The van der Waals surface area contributed by atoms with Crippen LogP contribution in [0.4, 0.5) is 0 Å². The Balaban J connectivity index is 2.00. The number of morpholine rings is 1. The monoisotopic (exact) mass is 276 g/mol. The van der Waals surface area contributed by atoms with Crippen LogP contribution >= 0.6 is 0 Å². The predicted molar refractivity (Wildman–Crippen MR) is 71.3 cm³/mol. The van der Waals surface area contributed by atoms with Crippen molar-refractivity contribution in [3.8, 4) is 0 Å². The molecule has 0 saturated carbocycles. The van der Waals surface area contributed by atoms with Crippen LogP contribution in [0.1, 0.15) is 26.2 Å². The number of hydrogen-bond donors (Lipinski definition) is 1. The van der Waals surface area contributed by atoms with Crippen LogP contribution in [-0.4, -0.2) is 63.3 Å². The van der Waals surface area contributed by atoms with Crippen LogP contribution in [0.5, 0.6) is 0 Å². The normalized spacial score (nSPS) is 32.7. The van der Waals surface area contributed by atoms with Crippen molar-refractivity contribution >= 4 is 9.84 Å². The van der Waals surface area contributed by atoms with E-state index in [4.69, 9.17) is 4.74 Å². The molecule has 2 heterocycles. The molecule has 2 rings (SSSR count). The average molecular weight is 276 g/mol. The molecule has 0 aromatic carbocycles. The van der Waals surface area contributed by atoms with Gasteiger partial charge >= 0.3 is 0 Å². The molecule has 106 valence electrons. The lowest BCUT2D eigenvalue weighted by atomic mass is 10.2. The third kappa shape index (κ3) is 3.23. The highest BCUT2D eigenvalue weighted by Crippen LogP contribution is 2.25. The first-order valence-corrected chi connectivity index (χ1v) is 8.63. The molecule has 2 unspecified atom stereocenters. The average Bonchev–Trinajstić information content (AvgIpc) is 2.66. The van der Waals surface area contributed by atoms with Gasteiger partial charge in [0.1, 0.15) is 5.37 Å². The van der Waals surface area contributed by atoms with E-state index in [1.165, 1.54) is 0 Å². The van der Waals surface area contributed by atoms with Crippen molar-refractivity contribution in [2.24, 2.45) is 0 Å². The fourth-order valence-electron chi connectivity index (χ4n) is 2.79. The molecule has 6 heteroatoms. The summed E-state index contributed by atoms with van der Waals surface area (Å²) in [5, 5.41) is 3.09. The minimum atomic E-state index is -2.97. The van der Waals surface area contributed by atoms with Crippen LogP contribution in [0.2, 0.25) is 0 Å². The van der Waals surface area contributed by atoms with Crippen molar-refractivity contribution in [2.75, 3.05) is 38.6 Å². The molecule has 18 heavy (non-hydrogen) atoms. The van der Waals surface area contributed by atoms with Crippen LogP contribution in [0, 0.1) is 0 Å². The summed E-state index contributed by atoms with van der Waals surface area (Å²) in [6, 6.07) is 0.0969. The van der Waals surface area contributed by atoms with Gasteiger partial charge in [0.15, 0.2) is 9.84 Å². The summed E-state index contributed by atoms with van der Waals surface area (Å²) in [6.07, 6.45) is 2.98. The maximum absolute atomic E-state index is 12.2. The van der Waals surface area contributed by atoms with Gasteiger partial charge in [0.25, 0.3) is 0 Å². The maximum atomic E-state index is 12.2. The highest BCUT2D eigenvalue weighted by Gasteiger charge is 2.43. The zero-order chi connectivity index (χ0) is 13.0. The van der Waals surface area contributed by atoms with Gasteiger partial charge in [-0.1, -0.05) is 13.3 Å². The molecule has 2 saturated heterocycles. The zero-order valence-electron chi connectivity index (χ0n) is 11.1. The lowest BCUT2D eigenvalue weighted by Gasteiger charge is -2.34. The number of sulfone groups is 1. The Morgan fingerprint density at radius 3 is 2.72 bits per heavy atom. The van der Waals surface area contributed by atoms with Gasteiger partial charge in [-0.25, -0.2) is 8.42 Å². The van der Waals surface area contributed by atoms with Crippen molar-refractivity contribution in [1.82, 2.24) is 10.2 Å². The highest BCUT2D eigenvalue weighted by atomic mass is 32.2. The molecule has 0 aromatic heterocycles. The summed E-state index contributed by atoms with van der Waals surface area (Å²) in [6.45, 7) is 5.82.